The van der Waals surface area contributed by atoms with Crippen molar-refractivity contribution in [2.24, 2.45) is 0 Å². The number of carboxylic acid groups (broad SMARTS) is 1. The van der Waals surface area contributed by atoms with Gasteiger partial charge in [0.15, 0.2) is 0 Å². The van der Waals surface area contributed by atoms with Gasteiger partial charge in [-0.1, -0.05) is 19.8 Å². The van der Waals surface area contributed by atoms with Crippen molar-refractivity contribution < 1.29 is 9.90 Å². The van der Waals surface area contributed by atoms with Gasteiger partial charge < -0.3 is 5.11 Å². The number of rotatable bonds is 6. The number of hydrogen-bond donors (Lipinski definition) is 1. The van der Waals surface area contributed by atoms with Gasteiger partial charge in [0.2, 0.25) is 0 Å². The molecule has 106 valence electrons. The summed E-state index contributed by atoms with van der Waals surface area (Å²) in [6.45, 7) is 3.08. The molecule has 2 atom stereocenters. The summed E-state index contributed by atoms with van der Waals surface area (Å²) in [5, 5.41) is 9.36. The smallest absolute Gasteiger partial charge is 0.320 e. The summed E-state index contributed by atoms with van der Waals surface area (Å²) in [6, 6.07) is 4.15. The Hall–Kier alpha value is -0.390. The maximum absolute atomic E-state index is 11.4. The minimum Gasteiger partial charge on any atom is -0.480 e. The summed E-state index contributed by atoms with van der Waals surface area (Å²) >= 11 is 5.23. The summed E-state index contributed by atoms with van der Waals surface area (Å²) in [5.74, 6) is -0.672. The average Bonchev–Trinajstić information content (AvgIpc) is 2.99. The number of halogens is 1. The van der Waals surface area contributed by atoms with E-state index in [9.17, 15) is 9.90 Å². The Balaban J connectivity index is 2.19. The number of carbonyl (C=O) groups is 1. The molecule has 1 N–H and O–H groups in total. The molecule has 0 spiro atoms. The molecule has 0 bridgehead atoms. The van der Waals surface area contributed by atoms with Gasteiger partial charge in [-0.3, -0.25) is 9.69 Å². The first-order valence-electron chi connectivity index (χ1n) is 6.87. The zero-order valence-electron chi connectivity index (χ0n) is 11.1. The van der Waals surface area contributed by atoms with Crippen molar-refractivity contribution in [1.82, 2.24) is 4.90 Å². The summed E-state index contributed by atoms with van der Waals surface area (Å²) in [7, 11) is 0. The number of aliphatic carboxylic acids is 1. The van der Waals surface area contributed by atoms with Gasteiger partial charge in [-0.25, -0.2) is 0 Å². The molecular formula is C14H20BrNO2S. The molecule has 0 saturated carbocycles. The lowest BCUT2D eigenvalue weighted by Gasteiger charge is -2.30. The fourth-order valence-electron chi connectivity index (χ4n) is 2.80. The van der Waals surface area contributed by atoms with E-state index in [1.54, 1.807) is 11.3 Å². The molecule has 3 nitrogen and oxygen atoms in total. The lowest BCUT2D eigenvalue weighted by Crippen LogP contribution is -2.38. The van der Waals surface area contributed by atoms with Crippen molar-refractivity contribution in [3.63, 3.8) is 0 Å². The topological polar surface area (TPSA) is 40.5 Å². The highest BCUT2D eigenvalue weighted by Gasteiger charge is 2.36. The molecule has 0 aromatic carbocycles. The molecule has 1 fully saturated rings. The zero-order valence-corrected chi connectivity index (χ0v) is 13.5. The Morgan fingerprint density at radius 1 is 1.63 bits per heavy atom. The van der Waals surface area contributed by atoms with E-state index in [1.165, 1.54) is 4.88 Å². The van der Waals surface area contributed by atoms with Crippen LogP contribution >= 0.6 is 27.3 Å². The summed E-state index contributed by atoms with van der Waals surface area (Å²) < 4.78 is 1.12. The van der Waals surface area contributed by atoms with E-state index in [4.69, 9.17) is 0 Å². The van der Waals surface area contributed by atoms with E-state index in [2.05, 4.69) is 39.9 Å². The van der Waals surface area contributed by atoms with Crippen molar-refractivity contribution in [2.45, 2.75) is 51.1 Å². The zero-order chi connectivity index (χ0) is 13.8. The molecule has 19 heavy (non-hydrogen) atoms. The van der Waals surface area contributed by atoms with Crippen LogP contribution in [-0.4, -0.2) is 28.6 Å². The van der Waals surface area contributed by atoms with E-state index in [0.717, 1.165) is 42.4 Å². The van der Waals surface area contributed by atoms with Gasteiger partial charge in [-0.05, 0) is 53.9 Å². The predicted molar refractivity (Wildman–Crippen MR) is 81.6 cm³/mol. The molecule has 0 amide bonds. The molecule has 2 heterocycles. The van der Waals surface area contributed by atoms with Crippen molar-refractivity contribution in [3.05, 3.63) is 20.8 Å². The Kier molecular flexibility index (Phi) is 5.42. The van der Waals surface area contributed by atoms with Crippen molar-refractivity contribution in [3.8, 4) is 0 Å². The summed E-state index contributed by atoms with van der Waals surface area (Å²) in [5.41, 5.74) is 0. The normalized spacial score (nSPS) is 21.7. The molecule has 2 rings (SSSR count). The lowest BCUT2D eigenvalue weighted by molar-refractivity contribution is -0.143. The largest absolute Gasteiger partial charge is 0.480 e. The van der Waals surface area contributed by atoms with Crippen LogP contribution in [-0.2, 0) is 4.79 Å². The van der Waals surface area contributed by atoms with E-state index < -0.39 is 5.97 Å². The van der Waals surface area contributed by atoms with Crippen LogP contribution in [0.5, 0.6) is 0 Å². The number of unbranched alkanes of at least 4 members (excludes halogenated alkanes) is 1. The van der Waals surface area contributed by atoms with Crippen LogP contribution in [0.25, 0.3) is 0 Å². The predicted octanol–water partition coefficient (Wildman–Crippen LogP) is 4.29. The van der Waals surface area contributed by atoms with Gasteiger partial charge in [0, 0.05) is 10.9 Å². The van der Waals surface area contributed by atoms with E-state index in [-0.39, 0.29) is 12.1 Å². The first kappa shape index (κ1) is 15.0. The quantitative estimate of drug-likeness (QED) is 0.835. The monoisotopic (exact) mass is 345 g/mol. The Labute approximate surface area is 126 Å². The van der Waals surface area contributed by atoms with Gasteiger partial charge in [-0.15, -0.1) is 11.3 Å². The van der Waals surface area contributed by atoms with Gasteiger partial charge in [-0.2, -0.15) is 0 Å². The second kappa shape index (κ2) is 6.86. The maximum atomic E-state index is 11.4. The molecular weight excluding hydrogens is 326 g/mol. The van der Waals surface area contributed by atoms with Crippen LogP contribution in [0.4, 0.5) is 0 Å². The Morgan fingerprint density at radius 2 is 2.42 bits per heavy atom. The lowest BCUT2D eigenvalue weighted by atomic mass is 10.1. The fraction of sp³-hybridized carbons (Fsp3) is 0.643. The minimum absolute atomic E-state index is 0.264. The van der Waals surface area contributed by atoms with Gasteiger partial charge in [0.1, 0.15) is 6.04 Å². The highest BCUT2D eigenvalue weighted by molar-refractivity contribution is 9.11. The fourth-order valence-corrected chi connectivity index (χ4v) is 4.38. The van der Waals surface area contributed by atoms with Crippen LogP contribution in [0.3, 0.4) is 0 Å². The molecule has 1 aliphatic rings. The molecule has 2 unspecified atom stereocenters. The van der Waals surface area contributed by atoms with Crippen molar-refractivity contribution in [2.75, 3.05) is 6.54 Å². The van der Waals surface area contributed by atoms with Crippen LogP contribution < -0.4 is 0 Å². The molecule has 0 radical (unpaired) electrons. The van der Waals surface area contributed by atoms with Gasteiger partial charge in [0.05, 0.1) is 3.79 Å². The molecule has 1 aromatic rings. The van der Waals surface area contributed by atoms with E-state index in [1.807, 2.05) is 0 Å². The van der Waals surface area contributed by atoms with Gasteiger partial charge >= 0.3 is 5.97 Å². The highest BCUT2D eigenvalue weighted by atomic mass is 79.9. The number of hydrogen-bond acceptors (Lipinski definition) is 3. The van der Waals surface area contributed by atoms with Crippen molar-refractivity contribution >= 4 is 33.2 Å². The molecule has 1 aromatic heterocycles. The maximum Gasteiger partial charge on any atom is 0.320 e. The molecule has 1 saturated heterocycles. The number of carboxylic acids is 1. The van der Waals surface area contributed by atoms with Crippen LogP contribution in [0.2, 0.25) is 0 Å². The Bertz CT molecular complexity index is 435. The van der Waals surface area contributed by atoms with Crippen molar-refractivity contribution in [1.29, 1.82) is 0 Å². The second-order valence-corrected chi connectivity index (χ2v) is 7.53. The third kappa shape index (κ3) is 3.58. The van der Waals surface area contributed by atoms with Crippen LogP contribution in [0, 0.1) is 0 Å². The average molecular weight is 346 g/mol. The molecule has 1 aliphatic heterocycles. The number of thiophene rings is 1. The third-order valence-corrected chi connectivity index (χ3v) is 5.46. The van der Waals surface area contributed by atoms with E-state index >= 15 is 0 Å². The SMILES string of the molecule is CCCCC(c1ccc(Br)s1)N1CCCC1C(=O)O. The van der Waals surface area contributed by atoms with Crippen LogP contribution in [0.1, 0.15) is 49.9 Å². The highest BCUT2D eigenvalue weighted by Crippen LogP contribution is 2.37. The van der Waals surface area contributed by atoms with E-state index in [0.29, 0.717) is 0 Å². The second-order valence-electron chi connectivity index (χ2n) is 5.03. The standard InChI is InChI=1S/C14H20BrNO2S/c1-2-3-5-10(12-7-8-13(15)19-12)16-9-4-6-11(16)14(17)18/h7-8,10-11H,2-6,9H2,1H3,(H,17,18). The third-order valence-electron chi connectivity index (χ3n) is 3.73. The summed E-state index contributed by atoms with van der Waals surface area (Å²) in [6.07, 6.45) is 5.11. The molecule has 0 aliphatic carbocycles. The summed E-state index contributed by atoms with van der Waals surface area (Å²) in [4.78, 5) is 14.9. The number of likely N-dealkylation sites (tertiary alicyclic amines) is 1. The molecule has 5 heteroatoms. The van der Waals surface area contributed by atoms with Gasteiger partial charge in [0.25, 0.3) is 0 Å². The number of nitrogens with zero attached hydrogens (tertiary/aromatic N) is 1. The first-order chi connectivity index (χ1) is 9.13. The minimum atomic E-state index is -0.672. The first-order valence-corrected chi connectivity index (χ1v) is 8.48. The van der Waals surface area contributed by atoms with Crippen LogP contribution in [0.15, 0.2) is 15.9 Å². The Morgan fingerprint density at radius 3 is 3.00 bits per heavy atom.